The molecule has 5 heteroatoms. The molecule has 18 heavy (non-hydrogen) atoms. The Labute approximate surface area is 105 Å². The number of carbonyl (C=O) groups excluding carboxylic acids is 1. The summed E-state index contributed by atoms with van der Waals surface area (Å²) in [5, 5.41) is 12.5. The summed E-state index contributed by atoms with van der Waals surface area (Å²) in [7, 11) is 0. The van der Waals surface area contributed by atoms with Crippen molar-refractivity contribution in [1.29, 1.82) is 0 Å². The predicted octanol–water partition coefficient (Wildman–Crippen LogP) is 1.15. The van der Waals surface area contributed by atoms with E-state index in [2.05, 4.69) is 5.32 Å². The Bertz CT molecular complexity index is 401. The highest BCUT2D eigenvalue weighted by Crippen LogP contribution is 2.14. The van der Waals surface area contributed by atoms with E-state index in [1.807, 2.05) is 0 Å². The minimum atomic E-state index is -0.837. The van der Waals surface area contributed by atoms with E-state index in [1.165, 1.54) is 24.3 Å². The minimum absolute atomic E-state index is 0.102. The summed E-state index contributed by atoms with van der Waals surface area (Å²) in [5.74, 6) is -0.553. The normalized spacial score (nSPS) is 20.7. The molecule has 2 unspecified atom stereocenters. The zero-order chi connectivity index (χ0) is 13.0. The lowest BCUT2D eigenvalue weighted by molar-refractivity contribution is -0.130. The molecule has 0 bridgehead atoms. The van der Waals surface area contributed by atoms with Gasteiger partial charge < -0.3 is 15.2 Å². The number of aliphatic hydroxyl groups is 1. The SMILES string of the molecule is O=C(NCC(O)c1ccc(F)cc1)C1CCCO1. The van der Waals surface area contributed by atoms with Crippen molar-refractivity contribution in [2.24, 2.45) is 0 Å². The molecule has 1 aromatic rings. The van der Waals surface area contributed by atoms with Gasteiger partial charge in [-0.05, 0) is 30.5 Å². The number of nitrogens with one attached hydrogen (secondary N) is 1. The average Bonchev–Trinajstić information content (AvgIpc) is 2.90. The molecule has 1 amide bonds. The second kappa shape index (κ2) is 5.93. The lowest BCUT2D eigenvalue weighted by atomic mass is 10.1. The maximum atomic E-state index is 12.7. The van der Waals surface area contributed by atoms with Crippen molar-refractivity contribution < 1.29 is 19.0 Å². The van der Waals surface area contributed by atoms with Gasteiger partial charge in [0.2, 0.25) is 5.91 Å². The molecular formula is C13H16FNO3. The van der Waals surface area contributed by atoms with Gasteiger partial charge in [0.15, 0.2) is 0 Å². The standard InChI is InChI=1S/C13H16FNO3/c14-10-5-3-9(4-6-10)11(16)8-15-13(17)12-2-1-7-18-12/h3-6,11-12,16H,1-2,7-8H2,(H,15,17). The van der Waals surface area contributed by atoms with Crippen molar-refractivity contribution in [3.63, 3.8) is 0 Å². The van der Waals surface area contributed by atoms with Crippen LogP contribution in [0.4, 0.5) is 4.39 Å². The molecule has 0 aromatic heterocycles. The van der Waals surface area contributed by atoms with Gasteiger partial charge in [-0.2, -0.15) is 0 Å². The van der Waals surface area contributed by atoms with Gasteiger partial charge in [0.05, 0.1) is 6.10 Å². The van der Waals surface area contributed by atoms with E-state index < -0.39 is 12.2 Å². The van der Waals surface area contributed by atoms with Crippen LogP contribution in [0.2, 0.25) is 0 Å². The molecule has 98 valence electrons. The summed E-state index contributed by atoms with van der Waals surface area (Å²) < 4.78 is 17.9. The van der Waals surface area contributed by atoms with E-state index >= 15 is 0 Å². The number of aliphatic hydroxyl groups excluding tert-OH is 1. The molecule has 1 saturated heterocycles. The second-order valence-corrected chi connectivity index (χ2v) is 4.31. The number of benzene rings is 1. The molecule has 1 aliphatic heterocycles. The highest BCUT2D eigenvalue weighted by Gasteiger charge is 2.23. The highest BCUT2D eigenvalue weighted by atomic mass is 19.1. The first-order valence-electron chi connectivity index (χ1n) is 5.99. The minimum Gasteiger partial charge on any atom is -0.387 e. The van der Waals surface area contributed by atoms with Gasteiger partial charge in [0, 0.05) is 13.2 Å². The maximum absolute atomic E-state index is 12.7. The van der Waals surface area contributed by atoms with Crippen LogP contribution in [-0.4, -0.2) is 30.3 Å². The molecule has 2 rings (SSSR count). The maximum Gasteiger partial charge on any atom is 0.249 e. The number of rotatable bonds is 4. The highest BCUT2D eigenvalue weighted by molar-refractivity contribution is 5.80. The van der Waals surface area contributed by atoms with E-state index in [0.717, 1.165) is 12.8 Å². The zero-order valence-electron chi connectivity index (χ0n) is 9.93. The van der Waals surface area contributed by atoms with Gasteiger partial charge in [-0.15, -0.1) is 0 Å². The largest absolute Gasteiger partial charge is 0.387 e. The van der Waals surface area contributed by atoms with Crippen LogP contribution in [0.1, 0.15) is 24.5 Å². The lowest BCUT2D eigenvalue weighted by Crippen LogP contribution is -2.36. The van der Waals surface area contributed by atoms with Crippen LogP contribution >= 0.6 is 0 Å². The summed E-state index contributed by atoms with van der Waals surface area (Å²) in [6, 6.07) is 5.55. The summed E-state index contributed by atoms with van der Waals surface area (Å²) in [5.41, 5.74) is 0.573. The Morgan fingerprint density at radius 1 is 1.50 bits per heavy atom. The van der Waals surface area contributed by atoms with Gasteiger partial charge in [-0.3, -0.25) is 4.79 Å². The number of halogens is 1. The van der Waals surface area contributed by atoms with Crippen molar-refractivity contribution in [1.82, 2.24) is 5.32 Å². The molecule has 1 aromatic carbocycles. The number of hydrogen-bond donors (Lipinski definition) is 2. The van der Waals surface area contributed by atoms with Crippen LogP contribution in [0.3, 0.4) is 0 Å². The van der Waals surface area contributed by atoms with Gasteiger partial charge in [-0.25, -0.2) is 4.39 Å². The molecule has 2 atom stereocenters. The first-order chi connectivity index (χ1) is 8.66. The van der Waals surface area contributed by atoms with Crippen molar-refractivity contribution in [3.8, 4) is 0 Å². The van der Waals surface area contributed by atoms with Crippen LogP contribution in [0.5, 0.6) is 0 Å². The summed E-state index contributed by atoms with van der Waals surface area (Å²) in [6.07, 6.45) is 0.373. The van der Waals surface area contributed by atoms with E-state index in [9.17, 15) is 14.3 Å². The van der Waals surface area contributed by atoms with Gasteiger partial charge >= 0.3 is 0 Å². The summed E-state index contributed by atoms with van der Waals surface area (Å²) in [4.78, 5) is 11.6. The third kappa shape index (κ3) is 3.27. The monoisotopic (exact) mass is 253 g/mol. The predicted molar refractivity (Wildman–Crippen MR) is 63.3 cm³/mol. The topological polar surface area (TPSA) is 58.6 Å². The smallest absolute Gasteiger partial charge is 0.249 e. The Morgan fingerprint density at radius 2 is 2.22 bits per heavy atom. The van der Waals surface area contributed by atoms with Gasteiger partial charge in [0.25, 0.3) is 0 Å². The Kier molecular flexibility index (Phi) is 4.28. The molecule has 0 saturated carbocycles. The molecule has 1 heterocycles. The Hall–Kier alpha value is -1.46. The van der Waals surface area contributed by atoms with Crippen molar-refractivity contribution in [2.75, 3.05) is 13.2 Å². The van der Waals surface area contributed by atoms with Crippen LogP contribution in [0.15, 0.2) is 24.3 Å². The fraction of sp³-hybridized carbons (Fsp3) is 0.462. The van der Waals surface area contributed by atoms with Crippen LogP contribution in [-0.2, 0) is 9.53 Å². The first-order valence-corrected chi connectivity index (χ1v) is 5.99. The fourth-order valence-electron chi connectivity index (χ4n) is 1.90. The molecule has 1 fully saturated rings. The Balaban J connectivity index is 1.82. The average molecular weight is 253 g/mol. The number of hydrogen-bond acceptors (Lipinski definition) is 3. The summed E-state index contributed by atoms with van der Waals surface area (Å²) in [6.45, 7) is 0.711. The molecular weight excluding hydrogens is 237 g/mol. The molecule has 1 aliphatic rings. The number of ether oxygens (including phenoxy) is 1. The van der Waals surface area contributed by atoms with Crippen molar-refractivity contribution in [3.05, 3.63) is 35.6 Å². The summed E-state index contributed by atoms with van der Waals surface area (Å²) >= 11 is 0. The quantitative estimate of drug-likeness (QED) is 0.846. The zero-order valence-corrected chi connectivity index (χ0v) is 9.93. The third-order valence-corrected chi connectivity index (χ3v) is 2.95. The molecule has 0 spiro atoms. The first kappa shape index (κ1) is 13.0. The number of amides is 1. The number of carbonyl (C=O) groups is 1. The van der Waals surface area contributed by atoms with Crippen molar-refractivity contribution >= 4 is 5.91 Å². The third-order valence-electron chi connectivity index (χ3n) is 2.95. The lowest BCUT2D eigenvalue weighted by Gasteiger charge is -2.14. The second-order valence-electron chi connectivity index (χ2n) is 4.31. The Morgan fingerprint density at radius 3 is 2.83 bits per heavy atom. The van der Waals surface area contributed by atoms with Crippen LogP contribution in [0.25, 0.3) is 0 Å². The van der Waals surface area contributed by atoms with E-state index in [-0.39, 0.29) is 18.3 Å². The molecule has 2 N–H and O–H groups in total. The molecule has 0 aliphatic carbocycles. The van der Waals surface area contributed by atoms with Gasteiger partial charge in [0.1, 0.15) is 11.9 Å². The van der Waals surface area contributed by atoms with Gasteiger partial charge in [-0.1, -0.05) is 12.1 Å². The van der Waals surface area contributed by atoms with E-state index in [0.29, 0.717) is 12.2 Å². The van der Waals surface area contributed by atoms with E-state index in [4.69, 9.17) is 4.74 Å². The molecule has 0 radical (unpaired) electrons. The van der Waals surface area contributed by atoms with Crippen LogP contribution in [0, 0.1) is 5.82 Å². The molecule has 4 nitrogen and oxygen atoms in total. The van der Waals surface area contributed by atoms with E-state index in [1.54, 1.807) is 0 Å². The van der Waals surface area contributed by atoms with Crippen LogP contribution < -0.4 is 5.32 Å². The van der Waals surface area contributed by atoms with Crippen molar-refractivity contribution in [2.45, 2.75) is 25.0 Å². The fourth-order valence-corrected chi connectivity index (χ4v) is 1.90.